The topological polar surface area (TPSA) is 83.9 Å². The molecule has 0 aliphatic heterocycles. The first-order valence-corrected chi connectivity index (χ1v) is 11.6. The van der Waals surface area contributed by atoms with Crippen LogP contribution in [0.1, 0.15) is 30.7 Å². The Kier molecular flexibility index (Phi) is 4.86. The summed E-state index contributed by atoms with van der Waals surface area (Å²) in [6.45, 7) is 4.11. The van der Waals surface area contributed by atoms with E-state index < -0.39 is 0 Å². The summed E-state index contributed by atoms with van der Waals surface area (Å²) in [5.74, 6) is 1.10. The molecule has 30 heavy (non-hydrogen) atoms. The Morgan fingerprint density at radius 2 is 2.17 bits per heavy atom. The number of nitrogens with zero attached hydrogens (tertiary/aromatic N) is 5. The Morgan fingerprint density at radius 1 is 1.30 bits per heavy atom. The van der Waals surface area contributed by atoms with E-state index in [1.54, 1.807) is 17.7 Å². The lowest BCUT2D eigenvalue weighted by atomic mass is 9.86. The summed E-state index contributed by atoms with van der Waals surface area (Å²) in [5.41, 5.74) is 3.14. The molecule has 0 saturated carbocycles. The van der Waals surface area contributed by atoms with Crippen LogP contribution in [0.25, 0.3) is 20.4 Å². The van der Waals surface area contributed by atoms with Gasteiger partial charge in [-0.05, 0) is 68.4 Å². The molecule has 1 aliphatic carbocycles. The number of aryl methyl sites for hydroxylation is 1. The van der Waals surface area contributed by atoms with Crippen LogP contribution in [0.5, 0.6) is 0 Å². The molecule has 4 aromatic rings. The number of hydrogen-bond acceptors (Lipinski definition) is 8. The maximum atomic E-state index is 12.8. The highest BCUT2D eigenvalue weighted by atomic mass is 32.1. The van der Waals surface area contributed by atoms with Gasteiger partial charge in [0, 0.05) is 29.6 Å². The zero-order valence-electron chi connectivity index (χ0n) is 17.0. The Balaban J connectivity index is 1.47. The van der Waals surface area contributed by atoms with Crippen molar-refractivity contribution < 1.29 is 4.79 Å². The van der Waals surface area contributed by atoms with Gasteiger partial charge in [-0.25, -0.2) is 9.97 Å². The fraction of sp³-hybridized carbons (Fsp3) is 0.381. The van der Waals surface area contributed by atoms with Crippen molar-refractivity contribution >= 4 is 60.7 Å². The van der Waals surface area contributed by atoms with Gasteiger partial charge in [0.2, 0.25) is 5.91 Å². The number of rotatable bonds is 4. The SMILES string of the molecule is CC(C)N(C)C(=O)[C@H]1CCc2c(sc3ncnc(Nc4ccc5nnsc5c4)c23)C1. The van der Waals surface area contributed by atoms with Gasteiger partial charge in [-0.15, -0.1) is 16.4 Å². The molecule has 0 spiro atoms. The molecule has 5 rings (SSSR count). The Morgan fingerprint density at radius 3 is 3.00 bits per heavy atom. The molecule has 1 atom stereocenters. The number of benzene rings is 1. The smallest absolute Gasteiger partial charge is 0.226 e. The summed E-state index contributed by atoms with van der Waals surface area (Å²) >= 11 is 3.07. The second-order valence-corrected chi connectivity index (χ2v) is 9.84. The van der Waals surface area contributed by atoms with Crippen LogP contribution in [0, 0.1) is 5.92 Å². The molecule has 7 nitrogen and oxygen atoms in total. The summed E-state index contributed by atoms with van der Waals surface area (Å²) in [5, 5.41) is 8.65. The number of carbonyl (C=O) groups is 1. The van der Waals surface area contributed by atoms with Gasteiger partial charge >= 0.3 is 0 Å². The summed E-state index contributed by atoms with van der Waals surface area (Å²) in [4.78, 5) is 26.0. The number of fused-ring (bicyclic) bond motifs is 4. The van der Waals surface area contributed by atoms with Crippen molar-refractivity contribution in [3.8, 4) is 0 Å². The van der Waals surface area contributed by atoms with Gasteiger partial charge < -0.3 is 10.2 Å². The van der Waals surface area contributed by atoms with Crippen molar-refractivity contribution in [2.45, 2.75) is 39.2 Å². The number of carbonyl (C=O) groups excluding carboxylic acids is 1. The van der Waals surface area contributed by atoms with Crippen molar-refractivity contribution in [1.82, 2.24) is 24.5 Å². The van der Waals surface area contributed by atoms with E-state index in [-0.39, 0.29) is 17.9 Å². The summed E-state index contributed by atoms with van der Waals surface area (Å²) in [6, 6.07) is 6.22. The molecule has 0 fully saturated rings. The average Bonchev–Trinajstić information content (AvgIpc) is 3.36. The van der Waals surface area contributed by atoms with Crippen LogP contribution in [-0.4, -0.2) is 43.5 Å². The molecule has 1 aliphatic rings. The van der Waals surface area contributed by atoms with Gasteiger partial charge in [0.25, 0.3) is 0 Å². The molecule has 1 aromatic carbocycles. The van der Waals surface area contributed by atoms with Crippen LogP contribution < -0.4 is 5.32 Å². The third-order valence-electron chi connectivity index (χ3n) is 5.83. The van der Waals surface area contributed by atoms with E-state index in [4.69, 9.17) is 0 Å². The second kappa shape index (κ2) is 7.55. The van der Waals surface area contributed by atoms with Gasteiger partial charge in [-0.1, -0.05) is 4.49 Å². The zero-order chi connectivity index (χ0) is 20.8. The third-order valence-corrected chi connectivity index (χ3v) is 7.68. The summed E-state index contributed by atoms with van der Waals surface area (Å²) < 4.78 is 5.04. The van der Waals surface area contributed by atoms with Crippen molar-refractivity contribution in [3.05, 3.63) is 35.0 Å². The minimum Gasteiger partial charge on any atom is -0.343 e. The first-order valence-electron chi connectivity index (χ1n) is 10.0. The summed E-state index contributed by atoms with van der Waals surface area (Å²) in [7, 11) is 1.90. The second-order valence-electron chi connectivity index (χ2n) is 7.97. The van der Waals surface area contributed by atoms with Crippen molar-refractivity contribution in [3.63, 3.8) is 0 Å². The van der Waals surface area contributed by atoms with Crippen LogP contribution in [0.4, 0.5) is 11.5 Å². The van der Waals surface area contributed by atoms with Crippen LogP contribution in [-0.2, 0) is 17.6 Å². The molecular weight excluding hydrogens is 416 g/mol. The van der Waals surface area contributed by atoms with E-state index in [9.17, 15) is 4.79 Å². The normalized spacial score (nSPS) is 16.2. The number of aromatic nitrogens is 4. The van der Waals surface area contributed by atoms with Crippen LogP contribution in [0.2, 0.25) is 0 Å². The van der Waals surface area contributed by atoms with Crippen LogP contribution in [0.3, 0.4) is 0 Å². The predicted molar refractivity (Wildman–Crippen MR) is 122 cm³/mol. The van der Waals surface area contributed by atoms with E-state index in [2.05, 4.69) is 38.7 Å². The van der Waals surface area contributed by atoms with Gasteiger partial charge in [0.05, 0.1) is 10.1 Å². The van der Waals surface area contributed by atoms with Crippen molar-refractivity contribution in [1.29, 1.82) is 0 Å². The Bertz CT molecular complexity index is 1250. The number of amides is 1. The molecule has 1 N–H and O–H groups in total. The van der Waals surface area contributed by atoms with Gasteiger partial charge in [0.1, 0.15) is 22.5 Å². The number of nitrogens with one attached hydrogen (secondary N) is 1. The molecule has 1 amide bonds. The van der Waals surface area contributed by atoms with Gasteiger partial charge in [0.15, 0.2) is 0 Å². The maximum absolute atomic E-state index is 12.8. The quantitative estimate of drug-likeness (QED) is 0.508. The minimum atomic E-state index is 0.0450. The van der Waals surface area contributed by atoms with Crippen molar-refractivity contribution in [2.24, 2.45) is 5.92 Å². The van der Waals surface area contributed by atoms with E-state index in [1.165, 1.54) is 22.0 Å². The monoisotopic (exact) mass is 438 g/mol. The highest BCUT2D eigenvalue weighted by Gasteiger charge is 2.31. The first-order chi connectivity index (χ1) is 14.5. The molecular formula is C21H22N6OS2. The fourth-order valence-electron chi connectivity index (χ4n) is 3.95. The molecule has 3 aromatic heterocycles. The molecule has 3 heterocycles. The standard InChI is InChI=1S/C21H22N6OS2/c1-11(2)27(3)21(28)12-4-6-14-16(8-12)29-20-18(14)19(22-10-23-20)24-13-5-7-15-17(9-13)30-26-25-15/h5,7,9-12H,4,6,8H2,1-3H3,(H,22,23,24)/t12-/m0/s1. The summed E-state index contributed by atoms with van der Waals surface area (Å²) in [6.07, 6.45) is 4.12. The highest BCUT2D eigenvalue weighted by molar-refractivity contribution is 7.19. The van der Waals surface area contributed by atoms with E-state index in [0.29, 0.717) is 0 Å². The lowest BCUT2D eigenvalue weighted by Crippen LogP contribution is -2.39. The largest absolute Gasteiger partial charge is 0.343 e. The Hall–Kier alpha value is -2.65. The van der Waals surface area contributed by atoms with Gasteiger partial charge in [-0.3, -0.25) is 4.79 Å². The molecule has 154 valence electrons. The highest BCUT2D eigenvalue weighted by Crippen LogP contribution is 2.41. The van der Waals surface area contributed by atoms with Crippen molar-refractivity contribution in [2.75, 3.05) is 12.4 Å². The van der Waals surface area contributed by atoms with E-state index in [0.717, 1.165) is 51.2 Å². The number of hydrogen-bond donors (Lipinski definition) is 1. The Labute approximate surface area is 182 Å². The number of anilines is 2. The lowest BCUT2D eigenvalue weighted by molar-refractivity contribution is -0.136. The molecule has 0 radical (unpaired) electrons. The fourth-order valence-corrected chi connectivity index (χ4v) is 5.82. The predicted octanol–water partition coefficient (Wildman–Crippen LogP) is 4.41. The van der Waals surface area contributed by atoms with E-state index >= 15 is 0 Å². The van der Waals surface area contributed by atoms with E-state index in [1.807, 2.05) is 30.1 Å². The molecule has 9 heteroatoms. The zero-order valence-corrected chi connectivity index (χ0v) is 18.7. The van der Waals surface area contributed by atoms with Crippen LogP contribution >= 0.6 is 22.9 Å². The minimum absolute atomic E-state index is 0.0450. The maximum Gasteiger partial charge on any atom is 0.226 e. The molecule has 0 unspecified atom stereocenters. The molecule has 0 bridgehead atoms. The first kappa shape index (κ1) is 19.3. The average molecular weight is 439 g/mol. The third kappa shape index (κ3) is 3.31. The molecule has 0 saturated heterocycles. The lowest BCUT2D eigenvalue weighted by Gasteiger charge is -2.29. The van der Waals surface area contributed by atoms with Crippen LogP contribution in [0.15, 0.2) is 24.5 Å². The van der Waals surface area contributed by atoms with Gasteiger partial charge in [-0.2, -0.15) is 0 Å². The number of thiophene rings is 1.